The van der Waals surface area contributed by atoms with Crippen LogP contribution in [0, 0.1) is 0 Å². The van der Waals surface area contributed by atoms with E-state index in [2.05, 4.69) is 15.5 Å². The van der Waals surface area contributed by atoms with Gasteiger partial charge in [0.05, 0.1) is 13.7 Å². The van der Waals surface area contributed by atoms with E-state index in [9.17, 15) is 9.59 Å². The van der Waals surface area contributed by atoms with Gasteiger partial charge in [-0.15, -0.1) is 10.2 Å². The maximum Gasteiger partial charge on any atom is 0.239 e. The van der Waals surface area contributed by atoms with E-state index in [-0.39, 0.29) is 18.4 Å². The van der Waals surface area contributed by atoms with Crippen molar-refractivity contribution in [1.82, 2.24) is 15.5 Å². The van der Waals surface area contributed by atoms with Crippen LogP contribution in [0.25, 0.3) is 0 Å². The van der Waals surface area contributed by atoms with Crippen LogP contribution in [0.5, 0.6) is 5.75 Å². The van der Waals surface area contributed by atoms with Gasteiger partial charge in [0.1, 0.15) is 5.75 Å². The fourth-order valence-electron chi connectivity index (χ4n) is 2.70. The Morgan fingerprint density at radius 3 is 2.92 bits per heavy atom. The van der Waals surface area contributed by atoms with E-state index in [1.807, 2.05) is 24.3 Å². The van der Waals surface area contributed by atoms with E-state index < -0.39 is 0 Å². The molecule has 1 aromatic heterocycles. The summed E-state index contributed by atoms with van der Waals surface area (Å²) in [5, 5.41) is 12.2. The average molecular weight is 375 g/mol. The van der Waals surface area contributed by atoms with Gasteiger partial charge in [0.15, 0.2) is 0 Å². The Labute approximate surface area is 155 Å². The molecular weight excluding hydrogens is 354 g/mol. The summed E-state index contributed by atoms with van der Waals surface area (Å²) >= 11 is 1.31. The molecule has 3 rings (SSSR count). The Morgan fingerprint density at radius 1 is 1.38 bits per heavy atom. The zero-order valence-corrected chi connectivity index (χ0v) is 15.6. The molecule has 1 aliphatic rings. The molecule has 9 heteroatoms. The van der Waals surface area contributed by atoms with Crippen molar-refractivity contribution in [3.63, 3.8) is 0 Å². The van der Waals surface area contributed by atoms with Crippen molar-refractivity contribution in [3.8, 4) is 5.75 Å². The second kappa shape index (κ2) is 8.13. The third-order valence-corrected chi connectivity index (χ3v) is 5.14. The third-order valence-electron chi connectivity index (χ3n) is 4.08. The van der Waals surface area contributed by atoms with E-state index in [1.165, 1.54) is 11.3 Å². The minimum absolute atomic E-state index is 0.0740. The lowest BCUT2D eigenvalue weighted by atomic mass is 10.2. The maximum atomic E-state index is 12.2. The first-order valence-corrected chi connectivity index (χ1v) is 9.13. The minimum atomic E-state index is -0.132. The van der Waals surface area contributed by atoms with Crippen molar-refractivity contribution < 1.29 is 14.3 Å². The number of benzene rings is 1. The molecule has 138 valence electrons. The van der Waals surface area contributed by atoms with E-state index in [0.717, 1.165) is 17.7 Å². The molecule has 0 radical (unpaired) electrons. The summed E-state index contributed by atoms with van der Waals surface area (Å²) < 4.78 is 5.28. The Balaban J connectivity index is 1.54. The predicted molar refractivity (Wildman–Crippen MR) is 99.6 cm³/mol. The van der Waals surface area contributed by atoms with Gasteiger partial charge in [-0.25, -0.2) is 0 Å². The van der Waals surface area contributed by atoms with Gasteiger partial charge in [-0.3, -0.25) is 14.5 Å². The maximum absolute atomic E-state index is 12.2. The molecule has 1 saturated heterocycles. The highest BCUT2D eigenvalue weighted by Gasteiger charge is 2.25. The van der Waals surface area contributed by atoms with Crippen LogP contribution in [0.2, 0.25) is 0 Å². The van der Waals surface area contributed by atoms with Gasteiger partial charge in [0.25, 0.3) is 0 Å². The van der Waals surface area contributed by atoms with Crippen LogP contribution in [-0.2, 0) is 16.1 Å². The lowest BCUT2D eigenvalue weighted by Gasteiger charge is -2.15. The molecule has 1 fully saturated rings. The molecule has 0 bridgehead atoms. The van der Waals surface area contributed by atoms with Gasteiger partial charge in [0, 0.05) is 32.1 Å². The fraction of sp³-hybridized carbons (Fsp3) is 0.412. The highest BCUT2D eigenvalue weighted by Crippen LogP contribution is 2.29. The number of methoxy groups -OCH3 is 1. The molecule has 0 spiro atoms. The second-order valence-corrected chi connectivity index (χ2v) is 6.90. The van der Waals surface area contributed by atoms with Gasteiger partial charge < -0.3 is 15.0 Å². The standard InChI is InChI=1S/C17H21N5O3S/c1-21(16-19-20-17(26-16)22-9-5-8-15(22)24)11-14(23)18-10-12-6-3-4-7-13(12)25-2/h3-4,6-7H,5,8-11H2,1-2H3,(H,18,23). The number of hydrogen-bond acceptors (Lipinski definition) is 7. The summed E-state index contributed by atoms with van der Waals surface area (Å²) in [6.07, 6.45) is 1.39. The third kappa shape index (κ3) is 4.10. The largest absolute Gasteiger partial charge is 0.496 e. The zero-order valence-electron chi connectivity index (χ0n) is 14.8. The van der Waals surface area contributed by atoms with Gasteiger partial charge in [-0.1, -0.05) is 29.5 Å². The topological polar surface area (TPSA) is 87.7 Å². The Morgan fingerprint density at radius 2 is 2.19 bits per heavy atom. The van der Waals surface area contributed by atoms with Crippen molar-refractivity contribution in [1.29, 1.82) is 0 Å². The first kappa shape index (κ1) is 18.1. The summed E-state index contributed by atoms with van der Waals surface area (Å²) in [6.45, 7) is 1.22. The number of carbonyl (C=O) groups is 2. The van der Waals surface area contributed by atoms with Gasteiger partial charge in [0.2, 0.25) is 22.1 Å². The second-order valence-electron chi connectivity index (χ2n) is 5.96. The summed E-state index contributed by atoms with van der Waals surface area (Å²) in [7, 11) is 3.38. The number of rotatable bonds is 7. The van der Waals surface area contributed by atoms with Crippen LogP contribution in [0.3, 0.4) is 0 Å². The molecule has 0 aliphatic carbocycles. The highest BCUT2D eigenvalue weighted by atomic mass is 32.1. The molecule has 8 nitrogen and oxygen atoms in total. The molecule has 2 heterocycles. The summed E-state index contributed by atoms with van der Waals surface area (Å²) in [4.78, 5) is 27.4. The number of ether oxygens (including phenoxy) is 1. The number of nitrogens with one attached hydrogen (secondary N) is 1. The number of likely N-dealkylation sites (N-methyl/N-ethyl adjacent to an activating group) is 1. The van der Waals surface area contributed by atoms with Crippen molar-refractivity contribution >= 4 is 33.4 Å². The smallest absolute Gasteiger partial charge is 0.239 e. The number of aromatic nitrogens is 2. The summed E-state index contributed by atoms with van der Waals surface area (Å²) in [5.41, 5.74) is 0.914. The molecule has 2 aromatic rings. The van der Waals surface area contributed by atoms with Crippen LogP contribution in [-0.4, -0.2) is 49.3 Å². The number of hydrogen-bond donors (Lipinski definition) is 1. The Bertz CT molecular complexity index is 794. The van der Waals surface area contributed by atoms with Crippen molar-refractivity contribution in [2.75, 3.05) is 37.0 Å². The first-order chi connectivity index (χ1) is 12.6. The lowest BCUT2D eigenvalue weighted by molar-refractivity contribution is -0.120. The zero-order chi connectivity index (χ0) is 18.5. The average Bonchev–Trinajstić information content (AvgIpc) is 3.28. The van der Waals surface area contributed by atoms with Gasteiger partial charge >= 0.3 is 0 Å². The summed E-state index contributed by atoms with van der Waals surface area (Å²) in [5.74, 6) is 0.683. The highest BCUT2D eigenvalue weighted by molar-refractivity contribution is 7.19. The van der Waals surface area contributed by atoms with Crippen molar-refractivity contribution in [2.45, 2.75) is 19.4 Å². The van der Waals surface area contributed by atoms with E-state index in [1.54, 1.807) is 24.0 Å². The van der Waals surface area contributed by atoms with Crippen LogP contribution in [0.4, 0.5) is 10.3 Å². The molecule has 26 heavy (non-hydrogen) atoms. The minimum Gasteiger partial charge on any atom is -0.496 e. The van der Waals surface area contributed by atoms with Gasteiger partial charge in [-0.2, -0.15) is 0 Å². The number of nitrogens with zero attached hydrogens (tertiary/aromatic N) is 4. The number of carbonyl (C=O) groups excluding carboxylic acids is 2. The monoisotopic (exact) mass is 375 g/mol. The normalized spacial score (nSPS) is 13.8. The molecule has 0 saturated carbocycles. The first-order valence-electron chi connectivity index (χ1n) is 8.32. The number of amides is 2. The molecule has 0 unspecified atom stereocenters. The SMILES string of the molecule is COc1ccccc1CNC(=O)CN(C)c1nnc(N2CCCC2=O)s1. The van der Waals surface area contributed by atoms with Crippen LogP contribution in [0.15, 0.2) is 24.3 Å². The molecule has 2 amide bonds. The van der Waals surface area contributed by atoms with E-state index >= 15 is 0 Å². The Hall–Kier alpha value is -2.68. The molecule has 1 aromatic carbocycles. The predicted octanol–water partition coefficient (Wildman–Crippen LogP) is 1.43. The van der Waals surface area contributed by atoms with E-state index in [4.69, 9.17) is 4.74 Å². The van der Waals surface area contributed by atoms with Crippen molar-refractivity contribution in [2.24, 2.45) is 0 Å². The Kier molecular flexibility index (Phi) is 5.67. The fourth-order valence-corrected chi connectivity index (χ4v) is 3.55. The molecule has 0 atom stereocenters. The molecule has 1 N–H and O–H groups in total. The summed E-state index contributed by atoms with van der Waals surface area (Å²) in [6, 6.07) is 7.55. The number of anilines is 2. The number of para-hydroxylation sites is 1. The van der Waals surface area contributed by atoms with Crippen LogP contribution >= 0.6 is 11.3 Å². The van der Waals surface area contributed by atoms with Crippen LogP contribution in [0.1, 0.15) is 18.4 Å². The molecule has 1 aliphatic heterocycles. The van der Waals surface area contributed by atoms with E-state index in [0.29, 0.717) is 29.8 Å². The molecular formula is C17H21N5O3S. The van der Waals surface area contributed by atoms with Gasteiger partial charge in [-0.05, 0) is 12.5 Å². The van der Waals surface area contributed by atoms with Crippen molar-refractivity contribution in [3.05, 3.63) is 29.8 Å². The quantitative estimate of drug-likeness (QED) is 0.788. The van der Waals surface area contributed by atoms with Crippen LogP contribution < -0.4 is 19.9 Å². The lowest BCUT2D eigenvalue weighted by Crippen LogP contribution is -2.34.